The molecular weight excluding hydrogens is 335 g/mol. The van der Waals surface area contributed by atoms with Crippen LogP contribution in [0.1, 0.15) is 0 Å². The van der Waals surface area contributed by atoms with Gasteiger partial charge in [0.05, 0.1) is 0 Å². The summed E-state index contributed by atoms with van der Waals surface area (Å²) in [6.45, 7) is 0. The molecule has 0 aromatic carbocycles. The Morgan fingerprint density at radius 2 is 1.75 bits per heavy atom. The van der Waals surface area contributed by atoms with Gasteiger partial charge in [-0.2, -0.15) is 0 Å². The molecule has 0 atom stereocenters. The third kappa shape index (κ3) is 12.2. The summed E-state index contributed by atoms with van der Waals surface area (Å²) in [6, 6.07) is 0. The molecule has 0 fully saturated rings. The van der Waals surface area contributed by atoms with E-state index in [-0.39, 0.29) is 21.1 Å². The predicted molar refractivity (Wildman–Crippen MR) is 21.2 cm³/mol. The molecule has 0 N–H and O–H groups in total. The Morgan fingerprint density at radius 1 is 1.75 bits per heavy atom. The molecule has 0 spiro atoms. The van der Waals surface area contributed by atoms with Crippen LogP contribution in [0.3, 0.4) is 0 Å². The van der Waals surface area contributed by atoms with Crippen molar-refractivity contribution in [3.05, 3.63) is 6.42 Å². The fourth-order valence-corrected chi connectivity index (χ4v) is 0. The molecule has 4 heavy (non-hydrogen) atoms. The maximum absolute atomic E-state index is 5.94. The Kier molecular flexibility index (Phi) is 20.0. The largest absolute Gasteiger partial charge is 0.682 e. The van der Waals surface area contributed by atoms with E-state index < -0.39 is 0 Å². The first-order valence-corrected chi connectivity index (χ1v) is 1.52. The molecule has 0 aromatic rings. The van der Waals surface area contributed by atoms with E-state index in [0.29, 0.717) is 0 Å². The first-order valence-electron chi connectivity index (χ1n) is 0.439. The van der Waals surface area contributed by atoms with Crippen molar-refractivity contribution in [1.29, 1.82) is 0 Å². The van der Waals surface area contributed by atoms with Crippen LogP contribution in [0, 0.1) is 10.4 Å². The van der Waals surface area contributed by atoms with Crippen LogP contribution in [0.4, 0.5) is 0 Å². The molecule has 0 heterocycles. The summed E-state index contributed by atoms with van der Waals surface area (Å²) in [6.07, 6.45) is 5.94. The standard InChI is InChI=1S/C2I.W/c1-2-3;/q-1;. The molecule has 0 radical (unpaired) electrons. The van der Waals surface area contributed by atoms with Crippen molar-refractivity contribution in [3.8, 4) is 3.93 Å². The van der Waals surface area contributed by atoms with E-state index in [0.717, 1.165) is 0 Å². The first-order chi connectivity index (χ1) is 1.41. The average Bonchev–Trinajstić information content (AvgIpc) is 0.918. The average molecular weight is 335 g/mol. The second kappa shape index (κ2) is 9.02. The second-order valence-electron chi connectivity index (χ2n) is 0.0945. The summed E-state index contributed by atoms with van der Waals surface area (Å²) in [4.78, 5) is 0. The van der Waals surface area contributed by atoms with Crippen LogP contribution in [-0.2, 0) is 21.1 Å². The van der Waals surface area contributed by atoms with Crippen molar-refractivity contribution in [2.45, 2.75) is 0 Å². The maximum atomic E-state index is 5.94. The van der Waals surface area contributed by atoms with Crippen LogP contribution in [0.2, 0.25) is 0 Å². The zero-order chi connectivity index (χ0) is 2.71. The summed E-state index contributed by atoms with van der Waals surface area (Å²) in [5, 5.41) is 0. The minimum atomic E-state index is 0. The van der Waals surface area contributed by atoms with Crippen molar-refractivity contribution < 1.29 is 21.1 Å². The van der Waals surface area contributed by atoms with E-state index in [2.05, 4.69) is 0 Å². The number of hydrogen-bond donors (Lipinski definition) is 0. The topological polar surface area (TPSA) is 0 Å². The van der Waals surface area contributed by atoms with E-state index in [1.54, 1.807) is 22.6 Å². The Hall–Kier alpha value is 0.978. The zero-order valence-electron chi connectivity index (χ0n) is 1.79. The molecule has 22 valence electrons. The molecule has 2 heteroatoms. The minimum Gasteiger partial charge on any atom is -0.682 e. The van der Waals surface area contributed by atoms with Crippen LogP contribution < -0.4 is 0 Å². The fourth-order valence-electron chi connectivity index (χ4n) is 0. The van der Waals surface area contributed by atoms with Gasteiger partial charge < -0.3 is 6.42 Å². The van der Waals surface area contributed by atoms with E-state index in [1.165, 1.54) is 0 Å². The van der Waals surface area contributed by atoms with E-state index >= 15 is 0 Å². The molecule has 0 saturated heterocycles. The zero-order valence-corrected chi connectivity index (χ0v) is 6.88. The Balaban J connectivity index is 0. The Bertz CT molecular complexity index is 27.5. The molecule has 0 aliphatic carbocycles. The molecule has 0 amide bonds. The smallest absolute Gasteiger partial charge is 0 e. The van der Waals surface area contributed by atoms with E-state index in [1.807, 2.05) is 3.93 Å². The van der Waals surface area contributed by atoms with Gasteiger partial charge in [-0.3, -0.25) is 3.93 Å². The number of halogens is 1. The predicted octanol–water partition coefficient (Wildman–Crippen LogP) is 0.966. The van der Waals surface area contributed by atoms with Gasteiger partial charge in [-0.15, -0.1) is 0 Å². The van der Waals surface area contributed by atoms with Gasteiger partial charge >= 0.3 is 0 Å². The third-order valence-electron chi connectivity index (χ3n) is 0. The molecule has 0 aliphatic heterocycles. The molecule has 0 nitrogen and oxygen atoms in total. The quantitative estimate of drug-likeness (QED) is 0.352. The van der Waals surface area contributed by atoms with Crippen molar-refractivity contribution in [3.63, 3.8) is 0 Å². The van der Waals surface area contributed by atoms with Gasteiger partial charge in [0.1, 0.15) is 0 Å². The summed E-state index contributed by atoms with van der Waals surface area (Å²) < 4.78 is 1.97. The van der Waals surface area contributed by atoms with Crippen LogP contribution in [0.5, 0.6) is 0 Å². The maximum Gasteiger partial charge on any atom is 0 e. The summed E-state index contributed by atoms with van der Waals surface area (Å²) in [7, 11) is 0. The van der Waals surface area contributed by atoms with Gasteiger partial charge in [0.25, 0.3) is 0 Å². The number of hydrogen-bond acceptors (Lipinski definition) is 0. The monoisotopic (exact) mass is 335 g/mol. The van der Waals surface area contributed by atoms with Crippen LogP contribution in [-0.4, -0.2) is 0 Å². The third-order valence-corrected chi connectivity index (χ3v) is 0. The molecule has 0 unspecified atom stereocenters. The van der Waals surface area contributed by atoms with Crippen LogP contribution >= 0.6 is 22.6 Å². The van der Waals surface area contributed by atoms with Gasteiger partial charge in [-0.05, 0) is 22.6 Å². The number of rotatable bonds is 0. The van der Waals surface area contributed by atoms with Gasteiger partial charge in [0.15, 0.2) is 0 Å². The SMILES string of the molecule is [C-]#CI.[W]. The van der Waals surface area contributed by atoms with Crippen molar-refractivity contribution >= 4 is 22.6 Å². The first kappa shape index (κ1) is 8.88. The van der Waals surface area contributed by atoms with Crippen molar-refractivity contribution in [1.82, 2.24) is 0 Å². The van der Waals surface area contributed by atoms with E-state index in [9.17, 15) is 0 Å². The Labute approximate surface area is 53.8 Å². The molecule has 0 aromatic heterocycles. The van der Waals surface area contributed by atoms with Crippen molar-refractivity contribution in [2.24, 2.45) is 0 Å². The van der Waals surface area contributed by atoms with Crippen LogP contribution in [0.25, 0.3) is 0 Å². The molecular formula is C2IW-. The van der Waals surface area contributed by atoms with Gasteiger partial charge in [0.2, 0.25) is 0 Å². The molecule has 0 bridgehead atoms. The van der Waals surface area contributed by atoms with E-state index in [4.69, 9.17) is 6.42 Å². The van der Waals surface area contributed by atoms with Gasteiger partial charge in [-0.1, -0.05) is 0 Å². The molecule has 0 saturated carbocycles. The van der Waals surface area contributed by atoms with Gasteiger partial charge in [-0.25, -0.2) is 0 Å². The van der Waals surface area contributed by atoms with Crippen molar-refractivity contribution in [2.75, 3.05) is 0 Å². The van der Waals surface area contributed by atoms with Crippen LogP contribution in [0.15, 0.2) is 0 Å². The molecule has 0 rings (SSSR count). The summed E-state index contributed by atoms with van der Waals surface area (Å²) in [5.74, 6) is 0. The summed E-state index contributed by atoms with van der Waals surface area (Å²) >= 11 is 1.70. The fraction of sp³-hybridized carbons (Fsp3) is 0. The molecule has 0 aliphatic rings. The summed E-state index contributed by atoms with van der Waals surface area (Å²) in [5.41, 5.74) is 0. The second-order valence-corrected chi connectivity index (χ2v) is 0.634. The minimum absolute atomic E-state index is 0. The Morgan fingerprint density at radius 3 is 1.75 bits per heavy atom. The van der Waals surface area contributed by atoms with Gasteiger partial charge in [0, 0.05) is 21.1 Å². The normalized spacial score (nSPS) is 2.00.